The van der Waals surface area contributed by atoms with Gasteiger partial charge >= 0.3 is 11.9 Å². The Hall–Kier alpha value is -3.26. The van der Waals surface area contributed by atoms with Gasteiger partial charge in [-0.25, -0.2) is 4.79 Å². The zero-order valence-corrected chi connectivity index (χ0v) is 19.4. The van der Waals surface area contributed by atoms with Crippen molar-refractivity contribution < 1.29 is 38.0 Å². The molecule has 180 valence electrons. The molecule has 8 heteroatoms. The molecule has 0 unspecified atom stereocenters. The molecule has 0 N–H and O–H groups in total. The first-order valence-electron chi connectivity index (χ1n) is 11.5. The van der Waals surface area contributed by atoms with Crippen LogP contribution in [0, 0.1) is 5.41 Å². The molecule has 1 aliphatic carbocycles. The summed E-state index contributed by atoms with van der Waals surface area (Å²) < 4.78 is 33.9. The first-order chi connectivity index (χ1) is 16.6. The van der Waals surface area contributed by atoms with Gasteiger partial charge in [-0.3, -0.25) is 4.79 Å². The van der Waals surface area contributed by atoms with Gasteiger partial charge in [0.15, 0.2) is 11.5 Å². The maximum Gasteiger partial charge on any atom is 0.338 e. The Morgan fingerprint density at radius 3 is 2.56 bits per heavy atom. The molecule has 2 heterocycles. The van der Waals surface area contributed by atoms with Crippen molar-refractivity contribution in [3.63, 3.8) is 0 Å². The zero-order valence-electron chi connectivity index (χ0n) is 19.4. The lowest BCUT2D eigenvalue weighted by Gasteiger charge is -2.39. The number of methoxy groups -OCH3 is 2. The third-order valence-electron chi connectivity index (χ3n) is 6.93. The van der Waals surface area contributed by atoms with E-state index < -0.39 is 5.41 Å². The Morgan fingerprint density at radius 2 is 1.88 bits per heavy atom. The smallest absolute Gasteiger partial charge is 0.338 e. The predicted octanol–water partition coefficient (Wildman–Crippen LogP) is 3.92. The van der Waals surface area contributed by atoms with Crippen LogP contribution >= 0.6 is 0 Å². The topological polar surface area (TPSA) is 89.5 Å². The molecular weight excluding hydrogens is 440 g/mol. The van der Waals surface area contributed by atoms with Gasteiger partial charge in [-0.2, -0.15) is 0 Å². The van der Waals surface area contributed by atoms with E-state index in [4.69, 9.17) is 28.4 Å². The summed E-state index contributed by atoms with van der Waals surface area (Å²) in [5.41, 5.74) is 2.18. The van der Waals surface area contributed by atoms with E-state index in [1.54, 1.807) is 26.4 Å². The van der Waals surface area contributed by atoms with E-state index in [1.807, 2.05) is 18.2 Å². The normalized spacial score (nSPS) is 20.2. The first kappa shape index (κ1) is 22.5. The van der Waals surface area contributed by atoms with E-state index in [0.717, 1.165) is 29.5 Å². The summed E-state index contributed by atoms with van der Waals surface area (Å²) in [7, 11) is 3.10. The maximum absolute atomic E-state index is 13.1. The monoisotopic (exact) mass is 468 g/mol. The number of esters is 2. The number of cyclic esters (lactones) is 1. The minimum Gasteiger partial charge on any atom is -0.493 e. The van der Waals surface area contributed by atoms with Crippen LogP contribution in [0.1, 0.15) is 41.6 Å². The fourth-order valence-electron chi connectivity index (χ4n) is 4.76. The molecule has 0 radical (unpaired) electrons. The van der Waals surface area contributed by atoms with Crippen molar-refractivity contribution in [1.29, 1.82) is 0 Å². The van der Waals surface area contributed by atoms with Gasteiger partial charge in [0.25, 0.3) is 0 Å². The number of ether oxygens (including phenoxy) is 6. The van der Waals surface area contributed by atoms with Crippen LogP contribution in [0.15, 0.2) is 30.3 Å². The molecule has 1 saturated heterocycles. The van der Waals surface area contributed by atoms with Crippen molar-refractivity contribution in [2.24, 2.45) is 5.41 Å². The Kier molecular flexibility index (Phi) is 6.08. The van der Waals surface area contributed by atoms with Gasteiger partial charge in [-0.15, -0.1) is 0 Å². The fraction of sp³-hybridized carbons (Fsp3) is 0.462. The van der Waals surface area contributed by atoms with Gasteiger partial charge in [0.05, 0.1) is 33.0 Å². The Balaban J connectivity index is 1.48. The quantitative estimate of drug-likeness (QED) is 0.539. The highest BCUT2D eigenvalue weighted by molar-refractivity contribution is 5.96. The van der Waals surface area contributed by atoms with Crippen LogP contribution in [0.25, 0.3) is 11.1 Å². The third kappa shape index (κ3) is 3.86. The van der Waals surface area contributed by atoms with E-state index in [2.05, 4.69) is 0 Å². The van der Waals surface area contributed by atoms with Gasteiger partial charge in [-0.05, 0) is 36.6 Å². The van der Waals surface area contributed by atoms with E-state index in [-0.39, 0.29) is 31.3 Å². The highest BCUT2D eigenvalue weighted by atomic mass is 16.6. The molecule has 0 amide bonds. The summed E-state index contributed by atoms with van der Waals surface area (Å²) >= 11 is 0. The Morgan fingerprint density at radius 1 is 1.06 bits per heavy atom. The van der Waals surface area contributed by atoms with Crippen LogP contribution < -0.4 is 14.2 Å². The number of hydrogen-bond donors (Lipinski definition) is 0. The van der Waals surface area contributed by atoms with E-state index in [9.17, 15) is 9.59 Å². The molecule has 0 aromatic heterocycles. The average molecular weight is 469 g/mol. The summed E-state index contributed by atoms with van der Waals surface area (Å²) in [6.45, 7) is 1.40. The number of carbonyl (C=O) groups excluding carboxylic acids is 2. The van der Waals surface area contributed by atoms with Crippen molar-refractivity contribution in [2.45, 2.75) is 38.4 Å². The van der Waals surface area contributed by atoms with Gasteiger partial charge in [-0.1, -0.05) is 18.6 Å². The van der Waals surface area contributed by atoms with Crippen LogP contribution in [0.5, 0.6) is 17.2 Å². The second-order valence-corrected chi connectivity index (χ2v) is 8.90. The predicted molar refractivity (Wildman–Crippen MR) is 121 cm³/mol. The van der Waals surface area contributed by atoms with Gasteiger partial charge < -0.3 is 28.4 Å². The Labute approximate surface area is 198 Å². The van der Waals surface area contributed by atoms with Gasteiger partial charge in [0, 0.05) is 17.5 Å². The molecule has 0 bridgehead atoms. The molecule has 3 aliphatic rings. The average Bonchev–Trinajstić information content (AvgIpc) is 3.47. The van der Waals surface area contributed by atoms with Crippen LogP contribution in [-0.2, 0) is 25.6 Å². The second-order valence-electron chi connectivity index (χ2n) is 8.90. The van der Waals surface area contributed by atoms with Crippen LogP contribution in [0.4, 0.5) is 0 Å². The van der Waals surface area contributed by atoms with E-state index in [0.29, 0.717) is 48.9 Å². The van der Waals surface area contributed by atoms with Crippen molar-refractivity contribution in [3.8, 4) is 28.4 Å². The molecule has 1 atom stereocenters. The summed E-state index contributed by atoms with van der Waals surface area (Å²) in [6.07, 6.45) is 2.86. The second kappa shape index (κ2) is 9.18. The fourth-order valence-corrected chi connectivity index (χ4v) is 4.76. The van der Waals surface area contributed by atoms with Crippen molar-refractivity contribution in [3.05, 3.63) is 41.5 Å². The molecule has 2 aromatic carbocycles. The molecule has 2 aliphatic heterocycles. The lowest BCUT2D eigenvalue weighted by atomic mass is 9.69. The minimum atomic E-state index is -0.703. The highest BCUT2D eigenvalue weighted by Crippen LogP contribution is 2.49. The van der Waals surface area contributed by atoms with Crippen molar-refractivity contribution in [2.75, 3.05) is 34.0 Å². The molecular formula is C26H28O8. The number of benzene rings is 2. The molecule has 0 spiro atoms. The highest BCUT2D eigenvalue weighted by Gasteiger charge is 2.48. The standard InChI is InChI=1S/C26H28O8/c1-29-21-8-7-18(17-5-3-6-19-20(17)14-32-24(19)27)22(23(21)30-2)33-15-26(10-4-11-26)25(28)34-16-9-12-31-13-16/h3,5-8,16H,4,9-15H2,1-2H3/t16-/m0/s1. The third-order valence-corrected chi connectivity index (χ3v) is 6.93. The summed E-state index contributed by atoms with van der Waals surface area (Å²) in [5.74, 6) is 0.811. The van der Waals surface area contributed by atoms with Gasteiger partial charge in [0.2, 0.25) is 5.75 Å². The number of fused-ring (bicyclic) bond motifs is 1. The number of carbonyl (C=O) groups is 2. The van der Waals surface area contributed by atoms with Crippen molar-refractivity contribution >= 4 is 11.9 Å². The lowest BCUT2D eigenvalue weighted by Crippen LogP contribution is -2.45. The SMILES string of the molecule is COc1ccc(-c2cccc3c2COC3=O)c(OCC2(C(=O)O[C@H]3CCOC3)CCC2)c1OC. The molecule has 8 nitrogen and oxygen atoms in total. The minimum absolute atomic E-state index is 0.153. The number of hydrogen-bond acceptors (Lipinski definition) is 8. The van der Waals surface area contributed by atoms with E-state index >= 15 is 0 Å². The molecule has 2 aromatic rings. The lowest BCUT2D eigenvalue weighted by molar-refractivity contribution is -0.170. The summed E-state index contributed by atoms with van der Waals surface area (Å²) in [4.78, 5) is 25.2. The van der Waals surface area contributed by atoms with Crippen LogP contribution in [0.3, 0.4) is 0 Å². The zero-order chi connectivity index (χ0) is 23.7. The van der Waals surface area contributed by atoms with Crippen LogP contribution in [0.2, 0.25) is 0 Å². The van der Waals surface area contributed by atoms with E-state index in [1.165, 1.54) is 0 Å². The van der Waals surface area contributed by atoms with Crippen LogP contribution in [-0.4, -0.2) is 52.1 Å². The first-order valence-corrected chi connectivity index (χ1v) is 11.5. The summed E-state index contributed by atoms with van der Waals surface area (Å²) in [5, 5.41) is 0. The maximum atomic E-state index is 13.1. The molecule has 2 fully saturated rings. The van der Waals surface area contributed by atoms with Gasteiger partial charge in [0.1, 0.15) is 24.7 Å². The summed E-state index contributed by atoms with van der Waals surface area (Å²) in [6, 6.07) is 9.15. The number of rotatable bonds is 8. The largest absolute Gasteiger partial charge is 0.493 e. The molecule has 1 saturated carbocycles. The molecule has 34 heavy (non-hydrogen) atoms. The molecule has 5 rings (SSSR count). The van der Waals surface area contributed by atoms with Crippen molar-refractivity contribution in [1.82, 2.24) is 0 Å². The Bertz CT molecular complexity index is 1100.